The summed E-state index contributed by atoms with van der Waals surface area (Å²) in [5.41, 5.74) is 5.74. The fourth-order valence-electron chi connectivity index (χ4n) is 1.49. The van der Waals surface area contributed by atoms with Gasteiger partial charge in [0.15, 0.2) is 0 Å². The summed E-state index contributed by atoms with van der Waals surface area (Å²) >= 11 is 11.6. The molecule has 0 radical (unpaired) electrons. The first kappa shape index (κ1) is 13.9. The van der Waals surface area contributed by atoms with E-state index in [0.717, 1.165) is 12.1 Å². The smallest absolute Gasteiger partial charge is 0.144 e. The van der Waals surface area contributed by atoms with Gasteiger partial charge in [0.2, 0.25) is 0 Å². The van der Waals surface area contributed by atoms with Crippen molar-refractivity contribution in [2.75, 3.05) is 5.73 Å². The number of hydrogen-bond acceptors (Lipinski definition) is 2. The Balaban J connectivity index is 2.22. The number of ether oxygens (including phenoxy) is 1. The highest BCUT2D eigenvalue weighted by atomic mass is 35.5. The average molecular weight is 304 g/mol. The molecule has 0 spiro atoms. The van der Waals surface area contributed by atoms with Crippen molar-refractivity contribution >= 4 is 28.9 Å². The van der Waals surface area contributed by atoms with Crippen LogP contribution < -0.4 is 10.5 Å². The van der Waals surface area contributed by atoms with Crippen LogP contribution in [0.1, 0.15) is 5.56 Å². The molecule has 0 heterocycles. The third kappa shape index (κ3) is 3.08. The molecule has 0 aliphatic heterocycles. The molecule has 0 bridgehead atoms. The standard InChI is InChI=1S/C13H9Cl2F2NO/c14-8-4-12(18)13(5-9(8)15)19-6-7-10(16)2-1-3-11(7)17/h1-5H,6,18H2. The van der Waals surface area contributed by atoms with Crippen LogP contribution in [0.15, 0.2) is 30.3 Å². The van der Waals surface area contributed by atoms with Gasteiger partial charge in [-0.15, -0.1) is 0 Å². The number of benzene rings is 2. The van der Waals surface area contributed by atoms with E-state index >= 15 is 0 Å². The van der Waals surface area contributed by atoms with Gasteiger partial charge < -0.3 is 10.5 Å². The monoisotopic (exact) mass is 303 g/mol. The molecule has 19 heavy (non-hydrogen) atoms. The minimum Gasteiger partial charge on any atom is -0.486 e. The first-order valence-corrected chi connectivity index (χ1v) is 6.05. The fraction of sp³-hybridized carbons (Fsp3) is 0.0769. The maximum absolute atomic E-state index is 13.4. The molecular weight excluding hydrogens is 295 g/mol. The lowest BCUT2D eigenvalue weighted by Crippen LogP contribution is -2.03. The summed E-state index contributed by atoms with van der Waals surface area (Å²) in [6, 6.07) is 6.40. The molecule has 0 aliphatic carbocycles. The van der Waals surface area contributed by atoms with Gasteiger partial charge in [0, 0.05) is 6.07 Å². The molecule has 100 valence electrons. The maximum Gasteiger partial charge on any atom is 0.144 e. The van der Waals surface area contributed by atoms with Crippen LogP contribution in [0.2, 0.25) is 10.0 Å². The molecule has 2 aromatic rings. The second-order valence-electron chi connectivity index (χ2n) is 3.79. The summed E-state index contributed by atoms with van der Waals surface area (Å²) in [4.78, 5) is 0. The number of rotatable bonds is 3. The van der Waals surface area contributed by atoms with Gasteiger partial charge in [-0.25, -0.2) is 8.78 Å². The molecule has 0 aliphatic rings. The molecule has 6 heteroatoms. The highest BCUT2D eigenvalue weighted by molar-refractivity contribution is 6.42. The molecule has 0 unspecified atom stereocenters. The van der Waals surface area contributed by atoms with Gasteiger partial charge >= 0.3 is 0 Å². The lowest BCUT2D eigenvalue weighted by atomic mass is 10.2. The van der Waals surface area contributed by atoms with E-state index in [0.29, 0.717) is 0 Å². The normalized spacial score (nSPS) is 10.5. The number of nitrogen functional groups attached to an aromatic ring is 1. The van der Waals surface area contributed by atoms with Crippen molar-refractivity contribution in [2.24, 2.45) is 0 Å². The van der Waals surface area contributed by atoms with E-state index in [-0.39, 0.29) is 33.7 Å². The predicted molar refractivity (Wildman–Crippen MR) is 71.6 cm³/mol. The van der Waals surface area contributed by atoms with Gasteiger partial charge in [0.25, 0.3) is 0 Å². The van der Waals surface area contributed by atoms with Crippen molar-refractivity contribution in [3.63, 3.8) is 0 Å². The Labute approximate surface area is 118 Å². The summed E-state index contributed by atoms with van der Waals surface area (Å²) in [6.45, 7) is -0.291. The van der Waals surface area contributed by atoms with Gasteiger partial charge in [0.05, 0.1) is 21.3 Å². The first-order valence-electron chi connectivity index (χ1n) is 5.29. The average Bonchev–Trinajstić information content (AvgIpc) is 2.34. The molecule has 0 saturated heterocycles. The van der Waals surface area contributed by atoms with Gasteiger partial charge in [-0.2, -0.15) is 0 Å². The summed E-state index contributed by atoms with van der Waals surface area (Å²) < 4.78 is 32.1. The molecule has 0 fully saturated rings. The SMILES string of the molecule is Nc1cc(Cl)c(Cl)cc1OCc1c(F)cccc1F. The number of nitrogens with two attached hydrogens (primary N) is 1. The van der Waals surface area contributed by atoms with Gasteiger partial charge in [0.1, 0.15) is 24.0 Å². The Bertz CT molecular complexity index is 600. The maximum atomic E-state index is 13.4. The van der Waals surface area contributed by atoms with Gasteiger partial charge in [-0.3, -0.25) is 0 Å². The second-order valence-corrected chi connectivity index (χ2v) is 4.61. The van der Waals surface area contributed by atoms with Crippen LogP contribution in [0, 0.1) is 11.6 Å². The number of halogens is 4. The van der Waals surface area contributed by atoms with Crippen LogP contribution >= 0.6 is 23.2 Å². The van der Waals surface area contributed by atoms with Gasteiger partial charge in [-0.05, 0) is 18.2 Å². The fourth-order valence-corrected chi connectivity index (χ4v) is 1.81. The Kier molecular flexibility index (Phi) is 4.12. The van der Waals surface area contributed by atoms with E-state index in [9.17, 15) is 8.78 Å². The van der Waals surface area contributed by atoms with E-state index < -0.39 is 11.6 Å². The summed E-state index contributed by atoms with van der Waals surface area (Å²) in [6.07, 6.45) is 0. The van der Waals surface area contributed by atoms with Crippen LogP contribution in [0.25, 0.3) is 0 Å². The highest BCUT2D eigenvalue weighted by Gasteiger charge is 2.11. The van der Waals surface area contributed by atoms with Crippen molar-refractivity contribution in [1.82, 2.24) is 0 Å². The van der Waals surface area contributed by atoms with Crippen molar-refractivity contribution in [1.29, 1.82) is 0 Å². The minimum atomic E-state index is -0.682. The molecule has 0 aromatic heterocycles. The summed E-state index contributed by atoms with van der Waals surface area (Å²) in [5.74, 6) is -1.14. The van der Waals surface area contributed by atoms with Crippen molar-refractivity contribution < 1.29 is 13.5 Å². The molecular formula is C13H9Cl2F2NO. The zero-order valence-electron chi connectivity index (χ0n) is 9.59. The Morgan fingerprint density at radius 2 is 1.63 bits per heavy atom. The highest BCUT2D eigenvalue weighted by Crippen LogP contribution is 2.33. The van der Waals surface area contributed by atoms with E-state index in [1.807, 2.05) is 0 Å². The summed E-state index contributed by atoms with van der Waals surface area (Å²) in [7, 11) is 0. The quantitative estimate of drug-likeness (QED) is 0.851. The van der Waals surface area contributed by atoms with Crippen molar-refractivity contribution in [3.8, 4) is 5.75 Å². The lowest BCUT2D eigenvalue weighted by molar-refractivity contribution is 0.294. The third-order valence-corrected chi connectivity index (χ3v) is 3.21. The van der Waals surface area contributed by atoms with E-state index in [2.05, 4.69) is 0 Å². The van der Waals surface area contributed by atoms with E-state index in [1.54, 1.807) is 0 Å². The van der Waals surface area contributed by atoms with Crippen LogP contribution in [0.5, 0.6) is 5.75 Å². The Morgan fingerprint density at radius 3 is 2.26 bits per heavy atom. The lowest BCUT2D eigenvalue weighted by Gasteiger charge is -2.11. The molecule has 0 atom stereocenters. The second kappa shape index (κ2) is 5.63. The molecule has 2 rings (SSSR count). The van der Waals surface area contributed by atoms with Crippen molar-refractivity contribution in [3.05, 3.63) is 57.6 Å². The van der Waals surface area contributed by atoms with Crippen LogP contribution in [0.4, 0.5) is 14.5 Å². The molecule has 2 aromatic carbocycles. The number of hydrogen-bond donors (Lipinski definition) is 1. The largest absolute Gasteiger partial charge is 0.486 e. The zero-order valence-corrected chi connectivity index (χ0v) is 11.1. The summed E-state index contributed by atoms with van der Waals surface area (Å²) in [5, 5.41) is 0.531. The topological polar surface area (TPSA) is 35.2 Å². The van der Waals surface area contributed by atoms with Gasteiger partial charge in [-0.1, -0.05) is 29.3 Å². The van der Waals surface area contributed by atoms with Crippen LogP contribution in [0.3, 0.4) is 0 Å². The van der Waals surface area contributed by atoms with Crippen LogP contribution in [-0.4, -0.2) is 0 Å². The minimum absolute atomic E-state index is 0.173. The van der Waals surface area contributed by atoms with Crippen molar-refractivity contribution in [2.45, 2.75) is 6.61 Å². The molecule has 0 saturated carbocycles. The molecule has 0 amide bonds. The van der Waals surface area contributed by atoms with E-state index in [1.165, 1.54) is 18.2 Å². The first-order chi connectivity index (χ1) is 8.99. The predicted octanol–water partition coefficient (Wildman–Crippen LogP) is 4.43. The third-order valence-electron chi connectivity index (χ3n) is 2.49. The molecule has 2 nitrogen and oxygen atoms in total. The van der Waals surface area contributed by atoms with E-state index in [4.69, 9.17) is 33.7 Å². The van der Waals surface area contributed by atoms with Crippen LogP contribution in [-0.2, 0) is 6.61 Å². The Morgan fingerprint density at radius 1 is 1.05 bits per heavy atom. The number of anilines is 1. The molecule has 2 N–H and O–H groups in total. The Hall–Kier alpha value is -1.52. The zero-order chi connectivity index (χ0) is 14.0.